The molecule has 8 heteroatoms. The number of amides is 1. The Morgan fingerprint density at radius 3 is 2.64 bits per heavy atom. The van der Waals surface area contributed by atoms with Crippen LogP contribution in [0, 0.1) is 6.92 Å². The van der Waals surface area contributed by atoms with Crippen molar-refractivity contribution in [3.05, 3.63) is 65.2 Å². The molecule has 0 spiro atoms. The highest BCUT2D eigenvalue weighted by atomic mass is 32.2. The van der Waals surface area contributed by atoms with Gasteiger partial charge in [0, 0.05) is 31.2 Å². The van der Waals surface area contributed by atoms with Gasteiger partial charge in [-0.1, -0.05) is 49.7 Å². The summed E-state index contributed by atoms with van der Waals surface area (Å²) in [5.74, 6) is 0.178. The molecule has 1 atom stereocenters. The van der Waals surface area contributed by atoms with Crippen molar-refractivity contribution in [1.29, 1.82) is 0 Å². The first kappa shape index (κ1) is 25.2. The maximum Gasteiger partial charge on any atom is 0.251 e. The van der Waals surface area contributed by atoms with Gasteiger partial charge in [-0.2, -0.15) is 0 Å². The fraction of sp³-hybridized carbons (Fsp3) is 0.480. The van der Waals surface area contributed by atoms with Crippen LogP contribution in [-0.2, 0) is 16.6 Å². The second kappa shape index (κ2) is 11.6. The number of sulfonamides is 1. The van der Waals surface area contributed by atoms with Gasteiger partial charge in [0.05, 0.1) is 5.75 Å². The van der Waals surface area contributed by atoms with Gasteiger partial charge in [0.25, 0.3) is 5.91 Å². The third kappa shape index (κ3) is 7.03. The molecule has 3 rings (SSSR count). The van der Waals surface area contributed by atoms with E-state index in [0.717, 1.165) is 30.6 Å². The highest BCUT2D eigenvalue weighted by Crippen LogP contribution is 2.19. The molecule has 1 amide bonds. The molecule has 33 heavy (non-hydrogen) atoms. The van der Waals surface area contributed by atoms with Crippen LogP contribution in [0.4, 0.5) is 0 Å². The molecule has 1 unspecified atom stereocenters. The number of nitrogens with one attached hydrogen (secondary N) is 1. The van der Waals surface area contributed by atoms with Gasteiger partial charge < -0.3 is 10.1 Å². The van der Waals surface area contributed by atoms with Gasteiger partial charge in [-0.3, -0.25) is 9.69 Å². The molecule has 2 aromatic rings. The first-order valence-corrected chi connectivity index (χ1v) is 13.2. The number of hydrogen-bond donors (Lipinski definition) is 1. The molecule has 1 saturated heterocycles. The monoisotopic (exact) mass is 473 g/mol. The third-order valence-corrected chi connectivity index (χ3v) is 7.92. The average molecular weight is 474 g/mol. The topological polar surface area (TPSA) is 79.0 Å². The quantitative estimate of drug-likeness (QED) is 0.543. The number of likely N-dealkylation sites (N-methyl/N-ethyl adjacent to an activating group) is 1. The number of hydrogen-bond acceptors (Lipinski definition) is 5. The number of ether oxygens (including phenoxy) is 1. The van der Waals surface area contributed by atoms with Crippen molar-refractivity contribution in [2.75, 3.05) is 38.5 Å². The summed E-state index contributed by atoms with van der Waals surface area (Å²) < 4.78 is 32.8. The first-order valence-electron chi connectivity index (χ1n) is 11.6. The van der Waals surface area contributed by atoms with E-state index in [0.29, 0.717) is 31.0 Å². The fourth-order valence-electron chi connectivity index (χ4n) is 4.22. The minimum atomic E-state index is -3.40. The lowest BCUT2D eigenvalue weighted by Gasteiger charge is -2.26. The summed E-state index contributed by atoms with van der Waals surface area (Å²) in [6.07, 6.45) is 0.850. The highest BCUT2D eigenvalue weighted by molar-refractivity contribution is 7.89. The van der Waals surface area contributed by atoms with Gasteiger partial charge >= 0.3 is 0 Å². The van der Waals surface area contributed by atoms with Crippen molar-refractivity contribution < 1.29 is 17.9 Å². The zero-order chi connectivity index (χ0) is 23.8. The fourth-order valence-corrected chi connectivity index (χ4v) is 5.62. The maximum absolute atomic E-state index is 12.7. The first-order chi connectivity index (χ1) is 15.8. The van der Waals surface area contributed by atoms with Crippen LogP contribution < -0.4 is 10.1 Å². The van der Waals surface area contributed by atoms with E-state index in [4.69, 9.17) is 4.74 Å². The molecule has 7 nitrogen and oxygen atoms in total. The standard InChI is InChI=1S/C25H35N3O4S/c1-4-27(5-2)23-12-14-28(18-23)33(30,31)15-13-26-25(29)22-10-7-11-24(17-22)32-19-21-9-6-8-20(3)16-21/h6-11,16-17,23H,4-5,12-15,18-19H2,1-3H3,(H,26,29). The Morgan fingerprint density at radius 2 is 1.91 bits per heavy atom. The molecule has 1 aliphatic rings. The summed E-state index contributed by atoms with van der Waals surface area (Å²) in [7, 11) is -3.40. The Bertz CT molecular complexity index is 1040. The number of carbonyl (C=O) groups excluding carboxylic acids is 1. The molecule has 0 radical (unpaired) electrons. The third-order valence-electron chi connectivity index (χ3n) is 6.08. The number of nitrogens with zero attached hydrogens (tertiary/aromatic N) is 2. The van der Waals surface area contributed by atoms with Crippen LogP contribution in [0.3, 0.4) is 0 Å². The van der Waals surface area contributed by atoms with Gasteiger partial charge in [-0.15, -0.1) is 0 Å². The Kier molecular flexibility index (Phi) is 8.88. The zero-order valence-corrected chi connectivity index (χ0v) is 20.6. The van der Waals surface area contributed by atoms with E-state index in [9.17, 15) is 13.2 Å². The number of carbonyl (C=O) groups is 1. The van der Waals surface area contributed by atoms with Gasteiger partial charge in [-0.25, -0.2) is 12.7 Å². The second-order valence-corrected chi connectivity index (χ2v) is 10.5. The molecule has 2 aromatic carbocycles. The number of benzene rings is 2. The summed E-state index contributed by atoms with van der Waals surface area (Å²) in [5, 5.41) is 2.73. The van der Waals surface area contributed by atoms with Crippen LogP contribution in [-0.4, -0.2) is 68.0 Å². The average Bonchev–Trinajstić information content (AvgIpc) is 3.30. The van der Waals surface area contributed by atoms with Crippen molar-refractivity contribution in [2.45, 2.75) is 39.8 Å². The van der Waals surface area contributed by atoms with E-state index in [2.05, 4.69) is 30.1 Å². The Hall–Kier alpha value is -2.42. The minimum absolute atomic E-state index is 0.0714. The zero-order valence-electron chi connectivity index (χ0n) is 19.8. The Balaban J connectivity index is 1.49. The maximum atomic E-state index is 12.7. The van der Waals surface area contributed by atoms with E-state index in [1.165, 1.54) is 0 Å². The molecule has 1 fully saturated rings. The Labute approximate surface area is 197 Å². The summed E-state index contributed by atoms with van der Waals surface area (Å²) in [6.45, 7) is 9.60. The van der Waals surface area contributed by atoms with Crippen molar-refractivity contribution in [3.63, 3.8) is 0 Å². The van der Waals surface area contributed by atoms with E-state index in [-0.39, 0.29) is 24.2 Å². The van der Waals surface area contributed by atoms with E-state index < -0.39 is 10.0 Å². The molecule has 0 saturated carbocycles. The van der Waals surface area contributed by atoms with Crippen LogP contribution in [0.1, 0.15) is 41.8 Å². The van der Waals surface area contributed by atoms with Crippen LogP contribution in [0.5, 0.6) is 5.75 Å². The second-order valence-electron chi connectivity index (χ2n) is 8.40. The lowest BCUT2D eigenvalue weighted by Crippen LogP contribution is -2.40. The van der Waals surface area contributed by atoms with E-state index >= 15 is 0 Å². The van der Waals surface area contributed by atoms with Gasteiger partial charge in [0.2, 0.25) is 10.0 Å². The van der Waals surface area contributed by atoms with E-state index in [1.54, 1.807) is 28.6 Å². The molecule has 0 aliphatic carbocycles. The smallest absolute Gasteiger partial charge is 0.251 e. The molecular formula is C25H35N3O4S. The van der Waals surface area contributed by atoms with Crippen molar-refractivity contribution >= 4 is 15.9 Å². The molecule has 1 N–H and O–H groups in total. The van der Waals surface area contributed by atoms with Crippen LogP contribution in [0.25, 0.3) is 0 Å². The number of rotatable bonds is 11. The van der Waals surface area contributed by atoms with Crippen molar-refractivity contribution in [3.8, 4) is 5.75 Å². The molecule has 0 bridgehead atoms. The minimum Gasteiger partial charge on any atom is -0.489 e. The Morgan fingerprint density at radius 1 is 1.15 bits per heavy atom. The predicted molar refractivity (Wildman–Crippen MR) is 131 cm³/mol. The lowest BCUT2D eigenvalue weighted by molar-refractivity contribution is 0.0955. The molecule has 1 heterocycles. The largest absolute Gasteiger partial charge is 0.489 e. The van der Waals surface area contributed by atoms with Crippen LogP contribution >= 0.6 is 0 Å². The lowest BCUT2D eigenvalue weighted by atomic mass is 10.1. The highest BCUT2D eigenvalue weighted by Gasteiger charge is 2.33. The van der Waals surface area contributed by atoms with Gasteiger partial charge in [0.1, 0.15) is 12.4 Å². The SMILES string of the molecule is CCN(CC)C1CCN(S(=O)(=O)CCNC(=O)c2cccc(OCc3cccc(C)c3)c2)C1. The summed E-state index contributed by atoms with van der Waals surface area (Å²) in [4.78, 5) is 14.9. The summed E-state index contributed by atoms with van der Waals surface area (Å²) >= 11 is 0. The number of aryl methyl sites for hydroxylation is 1. The van der Waals surface area contributed by atoms with Crippen LogP contribution in [0.2, 0.25) is 0 Å². The van der Waals surface area contributed by atoms with Gasteiger partial charge in [-0.05, 0) is 50.2 Å². The van der Waals surface area contributed by atoms with Gasteiger partial charge in [0.15, 0.2) is 0 Å². The van der Waals surface area contributed by atoms with Crippen molar-refractivity contribution in [2.24, 2.45) is 0 Å². The molecule has 0 aromatic heterocycles. The molecule has 1 aliphatic heterocycles. The molecule has 180 valence electrons. The molecular weight excluding hydrogens is 438 g/mol. The normalized spacial score (nSPS) is 16.8. The predicted octanol–water partition coefficient (Wildman–Crippen LogP) is 3.05. The van der Waals surface area contributed by atoms with E-state index in [1.807, 2.05) is 25.1 Å². The van der Waals surface area contributed by atoms with Crippen LogP contribution in [0.15, 0.2) is 48.5 Å². The summed E-state index contributed by atoms with van der Waals surface area (Å²) in [6, 6.07) is 15.3. The summed E-state index contributed by atoms with van der Waals surface area (Å²) in [5.41, 5.74) is 2.66. The van der Waals surface area contributed by atoms with Crippen molar-refractivity contribution in [1.82, 2.24) is 14.5 Å².